The van der Waals surface area contributed by atoms with Crippen LogP contribution < -0.4 is 9.47 Å². The highest BCUT2D eigenvalue weighted by atomic mass is 19.4. The Morgan fingerprint density at radius 1 is 1.15 bits per heavy atom. The Bertz CT molecular complexity index is 1170. The summed E-state index contributed by atoms with van der Waals surface area (Å²) in [7, 11) is 0. The van der Waals surface area contributed by atoms with Crippen LogP contribution in [-0.2, 0) is 12.7 Å². The molecule has 0 spiro atoms. The number of halogens is 3. The number of fused-ring (bicyclic) bond motifs is 1. The minimum Gasteiger partial charge on any atom is -0.486 e. The van der Waals surface area contributed by atoms with Gasteiger partial charge in [0.2, 0.25) is 0 Å². The number of hydrogen-bond donors (Lipinski definition) is 0. The van der Waals surface area contributed by atoms with Gasteiger partial charge in [-0.3, -0.25) is 4.79 Å². The third-order valence-electron chi connectivity index (χ3n) is 5.55. The number of carbonyl (C=O) groups is 1. The number of nitrogens with zero attached hydrogens (tertiary/aromatic N) is 4. The van der Waals surface area contributed by atoms with Gasteiger partial charge in [0.15, 0.2) is 17.3 Å². The maximum Gasteiger partial charge on any atom is 0.417 e. The summed E-state index contributed by atoms with van der Waals surface area (Å²) in [5.74, 6) is 1.12. The van der Waals surface area contributed by atoms with E-state index in [1.165, 1.54) is 16.9 Å². The van der Waals surface area contributed by atoms with Gasteiger partial charge in [0.25, 0.3) is 5.91 Å². The van der Waals surface area contributed by atoms with Crippen molar-refractivity contribution >= 4 is 5.91 Å². The summed E-state index contributed by atoms with van der Waals surface area (Å²) in [6, 6.07) is 7.78. The van der Waals surface area contributed by atoms with Crippen LogP contribution >= 0.6 is 0 Å². The van der Waals surface area contributed by atoms with Crippen LogP contribution in [0.25, 0.3) is 5.82 Å². The number of benzene rings is 1. The fourth-order valence-electron chi connectivity index (χ4n) is 3.90. The molecule has 1 amide bonds. The Kier molecular flexibility index (Phi) is 6.49. The van der Waals surface area contributed by atoms with Crippen LogP contribution in [0.4, 0.5) is 13.2 Å². The van der Waals surface area contributed by atoms with Gasteiger partial charge in [0.05, 0.1) is 23.0 Å². The lowest BCUT2D eigenvalue weighted by Gasteiger charge is -2.25. The van der Waals surface area contributed by atoms with Crippen LogP contribution in [0.2, 0.25) is 0 Å². The Hall–Kier alpha value is -3.56. The number of rotatable bonds is 6. The van der Waals surface area contributed by atoms with Crippen molar-refractivity contribution in [3.05, 3.63) is 65.1 Å². The number of alkyl halides is 3. The number of ether oxygens (including phenoxy) is 2. The van der Waals surface area contributed by atoms with Gasteiger partial charge in [0.1, 0.15) is 13.2 Å². The molecule has 3 aromatic rings. The highest BCUT2D eigenvalue weighted by Crippen LogP contribution is 2.35. The summed E-state index contributed by atoms with van der Waals surface area (Å²) in [6.45, 7) is 7.32. The molecule has 0 fully saturated rings. The molecule has 2 aromatic heterocycles. The van der Waals surface area contributed by atoms with Crippen molar-refractivity contribution < 1.29 is 27.4 Å². The lowest BCUT2D eigenvalue weighted by molar-refractivity contribution is -0.137. The lowest BCUT2D eigenvalue weighted by Crippen LogP contribution is -2.31. The molecule has 0 N–H and O–H groups in total. The van der Waals surface area contributed by atoms with Crippen molar-refractivity contribution in [2.75, 3.05) is 19.8 Å². The number of para-hydroxylation sites is 1. The Morgan fingerprint density at radius 3 is 2.56 bits per heavy atom. The molecule has 180 valence electrons. The first-order valence-electron chi connectivity index (χ1n) is 11.0. The predicted molar refractivity (Wildman–Crippen MR) is 118 cm³/mol. The summed E-state index contributed by atoms with van der Waals surface area (Å²) in [5, 5.41) is 4.30. The topological polar surface area (TPSA) is 69.5 Å². The van der Waals surface area contributed by atoms with Crippen LogP contribution in [-0.4, -0.2) is 45.3 Å². The third-order valence-corrected chi connectivity index (χ3v) is 5.55. The summed E-state index contributed by atoms with van der Waals surface area (Å²) >= 11 is 0. The van der Waals surface area contributed by atoms with Gasteiger partial charge in [-0.15, -0.1) is 0 Å². The average Bonchev–Trinajstić information content (AvgIpc) is 3.27. The molecule has 0 aliphatic carbocycles. The van der Waals surface area contributed by atoms with Gasteiger partial charge < -0.3 is 14.4 Å². The minimum absolute atomic E-state index is 0.134. The quantitative estimate of drug-likeness (QED) is 0.511. The highest BCUT2D eigenvalue weighted by molar-refractivity contribution is 5.95. The smallest absolute Gasteiger partial charge is 0.417 e. The van der Waals surface area contributed by atoms with Crippen molar-refractivity contribution in [1.29, 1.82) is 0 Å². The second-order valence-electron chi connectivity index (χ2n) is 8.17. The summed E-state index contributed by atoms with van der Waals surface area (Å²) in [5.41, 5.74) is 0.932. The molecule has 4 rings (SSSR count). The Labute approximate surface area is 195 Å². The van der Waals surface area contributed by atoms with E-state index >= 15 is 0 Å². The third kappa shape index (κ3) is 4.57. The molecule has 0 bridgehead atoms. The van der Waals surface area contributed by atoms with E-state index in [9.17, 15) is 18.0 Å². The van der Waals surface area contributed by atoms with Gasteiger partial charge in [-0.1, -0.05) is 26.0 Å². The molecule has 10 heteroatoms. The molecule has 0 radical (unpaired) electrons. The van der Waals surface area contributed by atoms with E-state index in [0.717, 1.165) is 17.8 Å². The Balaban J connectivity index is 1.65. The van der Waals surface area contributed by atoms with Crippen LogP contribution in [0.1, 0.15) is 53.9 Å². The summed E-state index contributed by atoms with van der Waals surface area (Å²) in [4.78, 5) is 19.1. The monoisotopic (exact) mass is 474 g/mol. The van der Waals surface area contributed by atoms with Gasteiger partial charge >= 0.3 is 6.18 Å². The van der Waals surface area contributed by atoms with E-state index < -0.39 is 11.7 Å². The zero-order valence-electron chi connectivity index (χ0n) is 19.1. The first-order valence-corrected chi connectivity index (χ1v) is 11.0. The van der Waals surface area contributed by atoms with E-state index in [0.29, 0.717) is 49.1 Å². The molecule has 1 aromatic carbocycles. The summed E-state index contributed by atoms with van der Waals surface area (Å²) in [6.07, 6.45) is -2.27. The first kappa shape index (κ1) is 23.6. The van der Waals surface area contributed by atoms with Crippen molar-refractivity contribution in [1.82, 2.24) is 19.7 Å². The number of amides is 1. The maximum absolute atomic E-state index is 13.5. The molecule has 0 saturated heterocycles. The van der Waals surface area contributed by atoms with E-state index in [2.05, 4.69) is 10.1 Å². The van der Waals surface area contributed by atoms with Crippen molar-refractivity contribution in [2.24, 2.45) is 0 Å². The molecule has 34 heavy (non-hydrogen) atoms. The average molecular weight is 474 g/mol. The van der Waals surface area contributed by atoms with Gasteiger partial charge in [-0.25, -0.2) is 9.67 Å². The molecule has 0 atom stereocenters. The highest BCUT2D eigenvalue weighted by Gasteiger charge is 2.31. The number of pyridine rings is 1. The van der Waals surface area contributed by atoms with E-state index in [-0.39, 0.29) is 17.6 Å². The van der Waals surface area contributed by atoms with Crippen LogP contribution in [0, 0.1) is 0 Å². The second-order valence-corrected chi connectivity index (χ2v) is 8.17. The lowest BCUT2D eigenvalue weighted by atomic mass is 10.0. The van der Waals surface area contributed by atoms with E-state index in [1.54, 1.807) is 4.90 Å². The fraction of sp³-hybridized carbons (Fsp3) is 0.375. The van der Waals surface area contributed by atoms with Crippen LogP contribution in [0.5, 0.6) is 11.5 Å². The van der Waals surface area contributed by atoms with E-state index in [1.807, 2.05) is 39.0 Å². The number of aromatic nitrogens is 3. The normalized spacial score (nSPS) is 13.3. The number of carbonyl (C=O) groups excluding carboxylic acids is 1. The molecular weight excluding hydrogens is 449 g/mol. The SMILES string of the molecule is CCN(Cc1cccc2c1OCCO2)C(=O)c1cnn(-c2ccc(C(F)(F)F)cn2)c1C(C)C. The minimum atomic E-state index is -4.48. The van der Waals surface area contributed by atoms with Crippen LogP contribution in [0.15, 0.2) is 42.7 Å². The van der Waals surface area contributed by atoms with Crippen molar-refractivity contribution in [3.8, 4) is 17.3 Å². The Morgan fingerprint density at radius 2 is 1.91 bits per heavy atom. The number of hydrogen-bond acceptors (Lipinski definition) is 5. The standard InChI is InChI=1S/C24H25F3N4O3/c1-4-30(14-16-6-5-7-19-22(16)34-11-10-33-19)23(32)18-13-29-31(21(18)15(2)3)20-9-8-17(12-28-20)24(25,26)27/h5-9,12-13,15H,4,10-11,14H2,1-3H3. The molecule has 3 heterocycles. The van der Waals surface area contributed by atoms with Gasteiger partial charge in [-0.05, 0) is 31.0 Å². The van der Waals surface area contributed by atoms with Crippen LogP contribution in [0.3, 0.4) is 0 Å². The zero-order chi connectivity index (χ0) is 24.5. The maximum atomic E-state index is 13.5. The van der Waals surface area contributed by atoms with Gasteiger partial charge in [0, 0.05) is 24.8 Å². The molecule has 7 nitrogen and oxygen atoms in total. The second kappa shape index (κ2) is 9.36. The predicted octanol–water partition coefficient (Wildman–Crippen LogP) is 4.84. The largest absolute Gasteiger partial charge is 0.486 e. The molecule has 1 aliphatic rings. The summed E-state index contributed by atoms with van der Waals surface area (Å²) < 4.78 is 51.6. The zero-order valence-corrected chi connectivity index (χ0v) is 19.1. The molecular formula is C24H25F3N4O3. The molecule has 0 unspecified atom stereocenters. The van der Waals surface area contributed by atoms with Crippen molar-refractivity contribution in [3.63, 3.8) is 0 Å². The molecule has 0 saturated carbocycles. The molecule has 1 aliphatic heterocycles. The van der Waals surface area contributed by atoms with Crippen molar-refractivity contribution in [2.45, 2.75) is 39.4 Å². The van der Waals surface area contributed by atoms with E-state index in [4.69, 9.17) is 9.47 Å². The first-order chi connectivity index (χ1) is 16.2. The fourth-order valence-corrected chi connectivity index (χ4v) is 3.90. The van der Waals surface area contributed by atoms with Gasteiger partial charge in [-0.2, -0.15) is 18.3 Å².